The number of carboxylic acid groups (broad SMARTS) is 1. The van der Waals surface area contributed by atoms with Gasteiger partial charge in [-0.05, 0) is 62.5 Å². The van der Waals surface area contributed by atoms with Crippen molar-refractivity contribution in [1.29, 1.82) is 0 Å². The second-order valence-corrected chi connectivity index (χ2v) is 9.96. The number of benzene rings is 2. The van der Waals surface area contributed by atoms with Crippen molar-refractivity contribution in [3.63, 3.8) is 0 Å². The summed E-state index contributed by atoms with van der Waals surface area (Å²) in [7, 11) is 2.08. The molecule has 180 valence electrons. The van der Waals surface area contributed by atoms with Crippen LogP contribution >= 0.6 is 36.5 Å². The van der Waals surface area contributed by atoms with E-state index in [9.17, 15) is 9.90 Å². The van der Waals surface area contributed by atoms with Crippen LogP contribution in [0.25, 0.3) is 5.69 Å². The minimum absolute atomic E-state index is 0. The number of carbonyl (C=O) groups excluding carboxylic acids is 1. The molecule has 0 spiro atoms. The molecular formula is C22H25LiN5O4S3+. The van der Waals surface area contributed by atoms with Gasteiger partial charge < -0.3 is 9.90 Å². The van der Waals surface area contributed by atoms with Crippen LogP contribution in [0.5, 0.6) is 0 Å². The molecule has 9 nitrogen and oxygen atoms in total. The van der Waals surface area contributed by atoms with E-state index in [-0.39, 0.29) is 31.3 Å². The van der Waals surface area contributed by atoms with Crippen molar-refractivity contribution in [2.45, 2.75) is 37.6 Å². The Morgan fingerprint density at radius 3 is 2.60 bits per heavy atom. The minimum Gasteiger partial charge on any atom is -0.550 e. The van der Waals surface area contributed by atoms with Crippen molar-refractivity contribution in [2.75, 3.05) is 19.1 Å². The molecule has 0 saturated carbocycles. The molecule has 0 aliphatic carbocycles. The van der Waals surface area contributed by atoms with E-state index in [0.29, 0.717) is 19.7 Å². The minimum atomic E-state index is -1.01. The third-order valence-electron chi connectivity index (χ3n) is 6.33. The van der Waals surface area contributed by atoms with Crippen LogP contribution in [0.2, 0.25) is 0 Å². The molecule has 2 atom stereocenters. The number of aryl methyl sites for hydroxylation is 1. The van der Waals surface area contributed by atoms with Crippen LogP contribution in [-0.4, -0.2) is 40.4 Å². The quantitative estimate of drug-likeness (QED) is 0.0723. The number of carbonyl (C=O) groups is 1. The largest absolute Gasteiger partial charge is 1.00 e. The summed E-state index contributed by atoms with van der Waals surface area (Å²) in [6.45, 7) is 4.95. The molecule has 1 aliphatic heterocycles. The molecule has 13 heteroatoms. The molecule has 2 aromatic carbocycles. The van der Waals surface area contributed by atoms with E-state index in [4.69, 9.17) is 33.8 Å². The number of hydrogen-bond acceptors (Lipinski definition) is 8. The molecule has 2 unspecified atom stereocenters. The van der Waals surface area contributed by atoms with Crippen molar-refractivity contribution in [2.24, 2.45) is 0 Å². The molecule has 1 saturated heterocycles. The van der Waals surface area contributed by atoms with Gasteiger partial charge in [-0.2, -0.15) is 0 Å². The number of aliphatic carboxylic acids is 1. The summed E-state index contributed by atoms with van der Waals surface area (Å²) in [5.74, 6) is -1.01. The molecular weight excluding hydrogens is 501 g/mol. The maximum Gasteiger partial charge on any atom is 1.00 e. The van der Waals surface area contributed by atoms with Gasteiger partial charge in [0.05, 0.1) is 43.4 Å². The predicted molar refractivity (Wildman–Crippen MR) is 134 cm³/mol. The summed E-state index contributed by atoms with van der Waals surface area (Å²) < 4.78 is 8.56. The number of nitrogens with one attached hydrogen (secondary N) is 3. The molecule has 1 aliphatic rings. The maximum atomic E-state index is 11.2. The first-order valence-electron chi connectivity index (χ1n) is 10.6. The number of H-pyrrole nitrogens is 2. The molecule has 1 aromatic heterocycles. The van der Waals surface area contributed by atoms with Gasteiger partial charge in [-0.25, -0.2) is 5.48 Å². The Bertz CT molecular complexity index is 1310. The fourth-order valence-corrected chi connectivity index (χ4v) is 5.60. The number of carboxylic acids is 1. The standard InChI is InChI=1S/C22H25N5O4S3.Li/c1-13-7-8-18(14(2)20(13)27(3)10-9-17(27)12-19(28)29)34-31-30-25-15-5-4-6-16(11-15)26-21(32)23-24-22(26)33;/h4-8,11,17,25H,9-10,12H2,1-3H3,(H2-,23,24,28,29,32,33);/q;+1. The topological polar surface area (TPSA) is 107 Å². The van der Waals surface area contributed by atoms with Crippen LogP contribution in [0.15, 0.2) is 41.3 Å². The smallest absolute Gasteiger partial charge is 0.550 e. The van der Waals surface area contributed by atoms with E-state index in [1.54, 1.807) is 4.57 Å². The van der Waals surface area contributed by atoms with E-state index < -0.39 is 5.97 Å². The molecule has 0 radical (unpaired) electrons. The predicted octanol–water partition coefficient (Wildman–Crippen LogP) is 1.05. The second-order valence-electron chi connectivity index (χ2n) is 8.45. The number of nitrogens with zero attached hydrogens (tertiary/aromatic N) is 2. The van der Waals surface area contributed by atoms with E-state index in [0.717, 1.165) is 52.4 Å². The van der Waals surface area contributed by atoms with Crippen LogP contribution in [0.1, 0.15) is 24.0 Å². The Morgan fingerprint density at radius 1 is 1.26 bits per heavy atom. The molecule has 3 N–H and O–H groups in total. The Kier molecular flexibility index (Phi) is 9.06. The monoisotopic (exact) mass is 526 g/mol. The average Bonchev–Trinajstić information content (AvgIpc) is 3.13. The number of aromatic nitrogens is 3. The van der Waals surface area contributed by atoms with Crippen molar-refractivity contribution in [3.8, 4) is 5.69 Å². The summed E-state index contributed by atoms with van der Waals surface area (Å²) in [6, 6.07) is 11.4. The van der Waals surface area contributed by atoms with Crippen molar-refractivity contribution >= 4 is 53.8 Å². The summed E-state index contributed by atoms with van der Waals surface area (Å²) >= 11 is 11.6. The fourth-order valence-electron chi connectivity index (χ4n) is 4.56. The first-order chi connectivity index (χ1) is 16.2. The summed E-state index contributed by atoms with van der Waals surface area (Å²) in [5, 5.41) is 16.8. The number of anilines is 1. The Balaban J connectivity index is 0.00000342. The van der Waals surface area contributed by atoms with Gasteiger partial charge in [0.25, 0.3) is 0 Å². The summed E-state index contributed by atoms with van der Waals surface area (Å²) in [4.78, 5) is 17.3. The van der Waals surface area contributed by atoms with Crippen LogP contribution in [0.3, 0.4) is 0 Å². The third-order valence-corrected chi connectivity index (χ3v) is 7.66. The maximum absolute atomic E-state index is 11.2. The van der Waals surface area contributed by atoms with E-state index in [2.05, 4.69) is 22.7 Å². The fraction of sp³-hybridized carbons (Fsp3) is 0.318. The number of hydrogen-bond donors (Lipinski definition) is 3. The van der Waals surface area contributed by atoms with Crippen molar-refractivity contribution < 1.29 is 38.1 Å². The molecule has 4 rings (SSSR count). The van der Waals surface area contributed by atoms with Gasteiger partial charge in [-0.3, -0.25) is 19.2 Å². The molecule has 35 heavy (non-hydrogen) atoms. The number of aromatic amines is 2. The van der Waals surface area contributed by atoms with Crippen molar-refractivity contribution in [3.05, 3.63) is 57.1 Å². The van der Waals surface area contributed by atoms with Crippen LogP contribution in [0.4, 0.5) is 11.4 Å². The number of rotatable bonds is 9. The summed E-state index contributed by atoms with van der Waals surface area (Å²) in [5.41, 5.74) is 7.46. The average molecular weight is 527 g/mol. The van der Waals surface area contributed by atoms with Gasteiger partial charge in [-0.15, -0.1) is 9.32 Å². The van der Waals surface area contributed by atoms with Gasteiger partial charge in [0.1, 0.15) is 11.7 Å². The number of likely N-dealkylation sites (tertiary alicyclic amines) is 1. The normalized spacial score (nSPS) is 19.0. The molecule has 0 bridgehead atoms. The molecule has 0 amide bonds. The van der Waals surface area contributed by atoms with Gasteiger partial charge in [-0.1, -0.05) is 12.1 Å². The zero-order chi connectivity index (χ0) is 24.5. The van der Waals surface area contributed by atoms with Crippen LogP contribution < -0.4 is 33.9 Å². The Labute approximate surface area is 229 Å². The van der Waals surface area contributed by atoms with E-state index >= 15 is 0 Å². The van der Waals surface area contributed by atoms with E-state index in [1.165, 1.54) is 0 Å². The van der Waals surface area contributed by atoms with Gasteiger partial charge in [0.2, 0.25) is 0 Å². The Morgan fingerprint density at radius 2 is 1.97 bits per heavy atom. The molecule has 1 fully saturated rings. The first kappa shape index (κ1) is 27.7. The SMILES string of the molecule is Cc1ccc(SOONc2cccc(-n3c(=S)[nH][nH]c3=S)c2)c(C)c1[N+]1(C)CCC1CC(=O)[O-].[Li+]. The second kappa shape index (κ2) is 11.4. The number of quaternary nitrogens is 1. The first-order valence-corrected chi connectivity index (χ1v) is 12.2. The Hall–Kier alpha value is -1.88. The van der Waals surface area contributed by atoms with Crippen molar-refractivity contribution in [1.82, 2.24) is 19.2 Å². The van der Waals surface area contributed by atoms with E-state index in [1.807, 2.05) is 50.2 Å². The molecule has 3 aromatic rings. The van der Waals surface area contributed by atoms with Crippen LogP contribution in [-0.2, 0) is 14.1 Å². The van der Waals surface area contributed by atoms with Crippen LogP contribution in [0, 0.1) is 23.4 Å². The van der Waals surface area contributed by atoms with Gasteiger partial charge in [0, 0.05) is 28.4 Å². The third kappa shape index (κ3) is 5.76. The van der Waals surface area contributed by atoms with Gasteiger partial charge >= 0.3 is 18.9 Å². The molecule has 2 heterocycles. The zero-order valence-electron chi connectivity index (χ0n) is 19.9. The van der Waals surface area contributed by atoms with Gasteiger partial charge in [0.15, 0.2) is 9.54 Å². The zero-order valence-corrected chi connectivity index (χ0v) is 22.4. The summed E-state index contributed by atoms with van der Waals surface area (Å²) in [6.07, 6.45) is 0.913.